The van der Waals surface area contributed by atoms with Crippen LogP contribution < -0.4 is 5.32 Å². The van der Waals surface area contributed by atoms with Crippen LogP contribution in [0.5, 0.6) is 0 Å². The average Bonchev–Trinajstić information content (AvgIpc) is 2.31. The standard InChI is InChI=1S/C11H13BrN2OS/c12-9-4-1-5-13-10(9)11(15)14-8-3-2-6-16-7-8/h1,4-5,8H,2-3,6-7H2,(H,14,15). The monoisotopic (exact) mass is 300 g/mol. The van der Waals surface area contributed by atoms with Crippen LogP contribution in [0.15, 0.2) is 22.8 Å². The van der Waals surface area contributed by atoms with Crippen LogP contribution >= 0.6 is 27.7 Å². The van der Waals surface area contributed by atoms with E-state index < -0.39 is 0 Å². The summed E-state index contributed by atoms with van der Waals surface area (Å²) < 4.78 is 0.746. The molecule has 0 bridgehead atoms. The van der Waals surface area contributed by atoms with Gasteiger partial charge in [-0.25, -0.2) is 4.98 Å². The first-order valence-electron chi connectivity index (χ1n) is 5.26. The van der Waals surface area contributed by atoms with Crippen molar-refractivity contribution in [2.45, 2.75) is 18.9 Å². The lowest BCUT2D eigenvalue weighted by Gasteiger charge is -2.22. The van der Waals surface area contributed by atoms with E-state index in [1.807, 2.05) is 17.8 Å². The highest BCUT2D eigenvalue weighted by Gasteiger charge is 2.18. The van der Waals surface area contributed by atoms with E-state index in [2.05, 4.69) is 26.2 Å². The SMILES string of the molecule is O=C(NC1CCCSC1)c1ncccc1Br. The maximum Gasteiger partial charge on any atom is 0.271 e. The van der Waals surface area contributed by atoms with E-state index in [0.717, 1.165) is 16.6 Å². The van der Waals surface area contributed by atoms with Gasteiger partial charge < -0.3 is 5.32 Å². The molecule has 1 amide bonds. The number of nitrogens with one attached hydrogen (secondary N) is 1. The number of carbonyl (C=O) groups is 1. The molecule has 0 saturated carbocycles. The molecule has 1 fully saturated rings. The summed E-state index contributed by atoms with van der Waals surface area (Å²) in [6.45, 7) is 0. The van der Waals surface area contributed by atoms with Gasteiger partial charge in [-0.2, -0.15) is 11.8 Å². The fourth-order valence-corrected chi connectivity index (χ4v) is 3.17. The highest BCUT2D eigenvalue weighted by molar-refractivity contribution is 9.10. The first-order valence-corrected chi connectivity index (χ1v) is 7.21. The molecule has 16 heavy (non-hydrogen) atoms. The largest absolute Gasteiger partial charge is 0.347 e. The van der Waals surface area contributed by atoms with E-state index in [9.17, 15) is 4.79 Å². The number of thioether (sulfide) groups is 1. The van der Waals surface area contributed by atoms with Crippen LogP contribution in [-0.4, -0.2) is 28.4 Å². The molecule has 1 saturated heterocycles. The van der Waals surface area contributed by atoms with Crippen LogP contribution in [0.3, 0.4) is 0 Å². The normalized spacial score (nSPS) is 20.4. The van der Waals surface area contributed by atoms with Crippen molar-refractivity contribution >= 4 is 33.6 Å². The zero-order valence-corrected chi connectivity index (χ0v) is 11.2. The third-order valence-corrected chi connectivity index (χ3v) is 4.32. The molecule has 0 aromatic carbocycles. The maximum atomic E-state index is 11.9. The van der Waals surface area contributed by atoms with Crippen molar-refractivity contribution in [3.63, 3.8) is 0 Å². The van der Waals surface area contributed by atoms with Crippen LogP contribution in [0.2, 0.25) is 0 Å². The van der Waals surface area contributed by atoms with Crippen LogP contribution in [0, 0.1) is 0 Å². The Hall–Kier alpha value is -0.550. The summed E-state index contributed by atoms with van der Waals surface area (Å²) >= 11 is 5.23. The first-order chi connectivity index (χ1) is 7.77. The van der Waals surface area contributed by atoms with Gasteiger partial charge in [0.1, 0.15) is 5.69 Å². The second-order valence-corrected chi connectivity index (χ2v) is 5.73. The van der Waals surface area contributed by atoms with Crippen molar-refractivity contribution in [3.8, 4) is 0 Å². The number of rotatable bonds is 2. The molecule has 1 N–H and O–H groups in total. The number of amides is 1. The summed E-state index contributed by atoms with van der Waals surface area (Å²) in [5, 5.41) is 3.02. The summed E-state index contributed by atoms with van der Waals surface area (Å²) in [5.74, 6) is 2.13. The van der Waals surface area contributed by atoms with E-state index in [1.54, 1.807) is 12.3 Å². The molecular formula is C11H13BrN2OS. The molecule has 0 radical (unpaired) electrons. The molecule has 0 aliphatic carbocycles. The van der Waals surface area contributed by atoms with Gasteiger partial charge in [-0.05, 0) is 46.7 Å². The molecule has 1 atom stereocenters. The lowest BCUT2D eigenvalue weighted by molar-refractivity contribution is 0.0932. The van der Waals surface area contributed by atoms with Gasteiger partial charge in [-0.1, -0.05) is 0 Å². The molecule has 1 aliphatic rings. The van der Waals surface area contributed by atoms with E-state index in [4.69, 9.17) is 0 Å². The Balaban J connectivity index is 2.00. The predicted molar refractivity (Wildman–Crippen MR) is 69.8 cm³/mol. The minimum absolute atomic E-state index is 0.0834. The van der Waals surface area contributed by atoms with Crippen LogP contribution in [-0.2, 0) is 0 Å². The van der Waals surface area contributed by atoms with Gasteiger partial charge >= 0.3 is 0 Å². The van der Waals surface area contributed by atoms with Crippen molar-refractivity contribution in [2.24, 2.45) is 0 Å². The summed E-state index contributed by atoms with van der Waals surface area (Å²) in [4.78, 5) is 16.0. The number of carbonyl (C=O) groups excluding carboxylic acids is 1. The average molecular weight is 301 g/mol. The molecule has 1 unspecified atom stereocenters. The maximum absolute atomic E-state index is 11.9. The molecule has 5 heteroatoms. The van der Waals surface area contributed by atoms with Gasteiger partial charge in [0.05, 0.1) is 0 Å². The lowest BCUT2D eigenvalue weighted by atomic mass is 10.2. The topological polar surface area (TPSA) is 42.0 Å². The van der Waals surface area contributed by atoms with Gasteiger partial charge in [0, 0.05) is 22.5 Å². The fraction of sp³-hybridized carbons (Fsp3) is 0.455. The van der Waals surface area contributed by atoms with Gasteiger partial charge in [0.25, 0.3) is 5.91 Å². The molecule has 1 aliphatic heterocycles. The summed E-state index contributed by atoms with van der Waals surface area (Å²) in [6, 6.07) is 3.93. The van der Waals surface area contributed by atoms with Crippen molar-refractivity contribution < 1.29 is 4.79 Å². The second kappa shape index (κ2) is 5.68. The summed E-state index contributed by atoms with van der Waals surface area (Å²) in [7, 11) is 0. The number of pyridine rings is 1. The molecule has 1 aromatic heterocycles. The molecule has 86 valence electrons. The Bertz CT molecular complexity index is 380. The third kappa shape index (κ3) is 2.98. The highest BCUT2D eigenvalue weighted by Crippen LogP contribution is 2.18. The zero-order valence-electron chi connectivity index (χ0n) is 8.78. The number of nitrogens with zero attached hydrogens (tertiary/aromatic N) is 1. The van der Waals surface area contributed by atoms with Gasteiger partial charge in [0.15, 0.2) is 0 Å². The quantitative estimate of drug-likeness (QED) is 0.912. The van der Waals surface area contributed by atoms with Crippen LogP contribution in [0.4, 0.5) is 0 Å². The van der Waals surface area contributed by atoms with E-state index in [1.165, 1.54) is 12.2 Å². The summed E-state index contributed by atoms with van der Waals surface area (Å²) in [5.41, 5.74) is 0.470. The molecule has 2 rings (SSSR count). The Kier molecular flexibility index (Phi) is 4.23. The molecular weight excluding hydrogens is 288 g/mol. The third-order valence-electron chi connectivity index (χ3n) is 2.47. The Morgan fingerprint density at radius 2 is 2.50 bits per heavy atom. The van der Waals surface area contributed by atoms with E-state index >= 15 is 0 Å². The Morgan fingerprint density at radius 1 is 1.62 bits per heavy atom. The number of hydrogen-bond donors (Lipinski definition) is 1. The number of hydrogen-bond acceptors (Lipinski definition) is 3. The lowest BCUT2D eigenvalue weighted by Crippen LogP contribution is -2.38. The van der Waals surface area contributed by atoms with E-state index in [0.29, 0.717) is 11.7 Å². The van der Waals surface area contributed by atoms with Crippen molar-refractivity contribution in [3.05, 3.63) is 28.5 Å². The fourth-order valence-electron chi connectivity index (χ4n) is 1.66. The van der Waals surface area contributed by atoms with Gasteiger partial charge in [-0.3, -0.25) is 4.79 Å². The highest BCUT2D eigenvalue weighted by atomic mass is 79.9. The molecule has 1 aromatic rings. The predicted octanol–water partition coefficient (Wildman–Crippen LogP) is 2.47. The van der Waals surface area contributed by atoms with Crippen LogP contribution in [0.25, 0.3) is 0 Å². The number of aromatic nitrogens is 1. The molecule has 2 heterocycles. The van der Waals surface area contributed by atoms with Crippen molar-refractivity contribution in [1.29, 1.82) is 0 Å². The first kappa shape index (κ1) is 11.9. The Morgan fingerprint density at radius 3 is 3.19 bits per heavy atom. The minimum Gasteiger partial charge on any atom is -0.347 e. The van der Waals surface area contributed by atoms with Gasteiger partial charge in [-0.15, -0.1) is 0 Å². The molecule has 3 nitrogen and oxygen atoms in total. The Labute approximate surface area is 108 Å². The number of halogens is 1. The van der Waals surface area contributed by atoms with Crippen molar-refractivity contribution in [2.75, 3.05) is 11.5 Å². The zero-order chi connectivity index (χ0) is 11.4. The van der Waals surface area contributed by atoms with E-state index in [-0.39, 0.29) is 5.91 Å². The second-order valence-electron chi connectivity index (χ2n) is 3.72. The molecule has 0 spiro atoms. The summed E-state index contributed by atoms with van der Waals surface area (Å²) in [6.07, 6.45) is 3.89. The van der Waals surface area contributed by atoms with Crippen molar-refractivity contribution in [1.82, 2.24) is 10.3 Å². The van der Waals surface area contributed by atoms with Gasteiger partial charge in [0.2, 0.25) is 0 Å². The van der Waals surface area contributed by atoms with Crippen LogP contribution in [0.1, 0.15) is 23.3 Å². The minimum atomic E-state index is -0.0834. The smallest absolute Gasteiger partial charge is 0.271 e.